The van der Waals surface area contributed by atoms with Crippen molar-refractivity contribution in [2.24, 2.45) is 0 Å². The maximum atomic E-state index is 10.6. The number of rotatable bonds is 1. The zero-order valence-electron chi connectivity index (χ0n) is 5.96. The second-order valence-corrected chi connectivity index (χ2v) is 2.20. The second kappa shape index (κ2) is 2.51. The van der Waals surface area contributed by atoms with Crippen LogP contribution in [0.25, 0.3) is 0 Å². The Bertz CT molecular complexity index is 266. The van der Waals surface area contributed by atoms with Gasteiger partial charge in [-0.05, 0) is 0 Å². The fourth-order valence-electron chi connectivity index (χ4n) is 0.610. The van der Waals surface area contributed by atoms with Crippen LogP contribution in [0.4, 0.5) is 5.69 Å². The average Bonchev–Trinajstić information content (AvgIpc) is 1.88. The highest BCUT2D eigenvalue weighted by molar-refractivity contribution is 5.40. The van der Waals surface area contributed by atoms with Crippen molar-refractivity contribution in [2.45, 2.75) is 0 Å². The number of H-pyrrole nitrogens is 1. The van der Waals surface area contributed by atoms with Crippen molar-refractivity contribution in [3.05, 3.63) is 22.6 Å². The highest BCUT2D eigenvalue weighted by Crippen LogP contribution is 2.01. The van der Waals surface area contributed by atoms with E-state index in [2.05, 4.69) is 10.2 Å². The number of anilines is 1. The lowest BCUT2D eigenvalue weighted by Gasteiger charge is -2.09. The fraction of sp³-hybridized carbons (Fsp3) is 0.333. The molecule has 0 saturated carbocycles. The summed E-state index contributed by atoms with van der Waals surface area (Å²) in [6.45, 7) is 0. The first kappa shape index (κ1) is 6.80. The first-order valence-electron chi connectivity index (χ1n) is 2.92. The van der Waals surface area contributed by atoms with Crippen LogP contribution in [0, 0.1) is 0 Å². The molecule has 0 fully saturated rings. The fourth-order valence-corrected chi connectivity index (χ4v) is 0.610. The van der Waals surface area contributed by atoms with Gasteiger partial charge in [-0.15, -0.1) is 0 Å². The Morgan fingerprint density at radius 3 is 2.70 bits per heavy atom. The van der Waals surface area contributed by atoms with Gasteiger partial charge in [0.2, 0.25) is 0 Å². The number of nitrogens with zero attached hydrogens (tertiary/aromatic N) is 2. The summed E-state index contributed by atoms with van der Waals surface area (Å²) in [5.74, 6) is 0. The smallest absolute Gasteiger partial charge is 0.266 e. The first-order valence-corrected chi connectivity index (χ1v) is 2.92. The molecule has 4 heteroatoms. The molecule has 1 rings (SSSR count). The van der Waals surface area contributed by atoms with E-state index in [0.29, 0.717) is 0 Å². The molecule has 4 nitrogen and oxygen atoms in total. The zero-order chi connectivity index (χ0) is 7.56. The van der Waals surface area contributed by atoms with E-state index in [1.54, 1.807) is 6.20 Å². The SMILES string of the molecule is CN(C)c1cn[nH]c(=O)c1. The molecule has 54 valence electrons. The molecule has 1 aromatic rings. The molecule has 0 atom stereocenters. The largest absolute Gasteiger partial charge is 0.376 e. The van der Waals surface area contributed by atoms with Crippen LogP contribution in [-0.2, 0) is 0 Å². The van der Waals surface area contributed by atoms with Crippen LogP contribution in [0.2, 0.25) is 0 Å². The van der Waals surface area contributed by atoms with Gasteiger partial charge in [0.25, 0.3) is 5.56 Å². The molecular weight excluding hydrogens is 130 g/mol. The molecular formula is C6H9N3O. The summed E-state index contributed by atoms with van der Waals surface area (Å²) in [5.41, 5.74) is 0.634. The molecule has 0 aliphatic rings. The molecule has 0 unspecified atom stereocenters. The van der Waals surface area contributed by atoms with E-state index in [1.807, 2.05) is 19.0 Å². The number of hydrogen-bond donors (Lipinski definition) is 1. The molecule has 0 aliphatic heterocycles. The minimum atomic E-state index is -0.175. The van der Waals surface area contributed by atoms with Gasteiger partial charge in [0, 0.05) is 20.2 Å². The van der Waals surface area contributed by atoms with Crippen LogP contribution in [-0.4, -0.2) is 24.3 Å². The summed E-state index contributed by atoms with van der Waals surface area (Å²) in [7, 11) is 3.72. The van der Waals surface area contributed by atoms with Crippen LogP contribution in [0.5, 0.6) is 0 Å². The quantitative estimate of drug-likeness (QED) is 0.588. The highest BCUT2D eigenvalue weighted by atomic mass is 16.1. The van der Waals surface area contributed by atoms with Crippen molar-refractivity contribution in [3.8, 4) is 0 Å². The predicted octanol–water partition coefficient (Wildman–Crippen LogP) is -0.164. The third-order valence-corrected chi connectivity index (χ3v) is 1.17. The summed E-state index contributed by atoms with van der Waals surface area (Å²) in [4.78, 5) is 12.5. The van der Waals surface area contributed by atoms with E-state index >= 15 is 0 Å². The van der Waals surface area contributed by atoms with E-state index in [0.717, 1.165) is 5.69 Å². The summed E-state index contributed by atoms with van der Waals surface area (Å²) < 4.78 is 0. The van der Waals surface area contributed by atoms with Crippen molar-refractivity contribution < 1.29 is 0 Å². The summed E-state index contributed by atoms with van der Waals surface area (Å²) in [6, 6.07) is 1.49. The van der Waals surface area contributed by atoms with Crippen LogP contribution in [0.15, 0.2) is 17.1 Å². The Morgan fingerprint density at radius 1 is 1.60 bits per heavy atom. The first-order chi connectivity index (χ1) is 4.70. The van der Waals surface area contributed by atoms with Gasteiger partial charge in [0.15, 0.2) is 0 Å². The minimum absolute atomic E-state index is 0.175. The number of aromatic amines is 1. The lowest BCUT2D eigenvalue weighted by Crippen LogP contribution is -2.14. The molecule has 0 amide bonds. The van der Waals surface area contributed by atoms with Gasteiger partial charge < -0.3 is 4.90 Å². The molecule has 0 radical (unpaired) electrons. The van der Waals surface area contributed by atoms with Gasteiger partial charge in [-0.3, -0.25) is 4.79 Å². The molecule has 1 aromatic heterocycles. The minimum Gasteiger partial charge on any atom is -0.376 e. The Hall–Kier alpha value is -1.32. The normalized spacial score (nSPS) is 9.40. The predicted molar refractivity (Wildman–Crippen MR) is 39.2 cm³/mol. The van der Waals surface area contributed by atoms with Crippen molar-refractivity contribution in [1.29, 1.82) is 0 Å². The van der Waals surface area contributed by atoms with Crippen LogP contribution < -0.4 is 10.5 Å². The summed E-state index contributed by atoms with van der Waals surface area (Å²) in [5, 5.41) is 5.92. The van der Waals surface area contributed by atoms with Crippen molar-refractivity contribution in [1.82, 2.24) is 10.2 Å². The van der Waals surface area contributed by atoms with E-state index in [9.17, 15) is 4.79 Å². The van der Waals surface area contributed by atoms with Gasteiger partial charge in [0.05, 0.1) is 11.9 Å². The van der Waals surface area contributed by atoms with E-state index < -0.39 is 0 Å². The lowest BCUT2D eigenvalue weighted by atomic mass is 10.4. The van der Waals surface area contributed by atoms with Gasteiger partial charge in [-0.1, -0.05) is 0 Å². The Kier molecular flexibility index (Phi) is 1.71. The van der Waals surface area contributed by atoms with Crippen molar-refractivity contribution in [3.63, 3.8) is 0 Å². The van der Waals surface area contributed by atoms with Gasteiger partial charge in [-0.2, -0.15) is 5.10 Å². The second-order valence-electron chi connectivity index (χ2n) is 2.20. The third kappa shape index (κ3) is 1.34. The van der Waals surface area contributed by atoms with Crippen LogP contribution >= 0.6 is 0 Å². The van der Waals surface area contributed by atoms with Crippen LogP contribution in [0.3, 0.4) is 0 Å². The van der Waals surface area contributed by atoms with Gasteiger partial charge >= 0.3 is 0 Å². The van der Waals surface area contributed by atoms with Gasteiger partial charge in [0.1, 0.15) is 0 Å². The van der Waals surface area contributed by atoms with E-state index in [4.69, 9.17) is 0 Å². The van der Waals surface area contributed by atoms with E-state index in [1.165, 1.54) is 6.07 Å². The molecule has 0 spiro atoms. The van der Waals surface area contributed by atoms with Crippen molar-refractivity contribution >= 4 is 5.69 Å². The molecule has 0 aliphatic carbocycles. The maximum absolute atomic E-state index is 10.6. The van der Waals surface area contributed by atoms with Crippen LogP contribution in [0.1, 0.15) is 0 Å². The lowest BCUT2D eigenvalue weighted by molar-refractivity contribution is 0.968. The summed E-state index contributed by atoms with van der Waals surface area (Å²) >= 11 is 0. The monoisotopic (exact) mass is 139 g/mol. The molecule has 0 aromatic carbocycles. The number of aromatic nitrogens is 2. The molecule has 0 saturated heterocycles. The Balaban J connectivity index is 3.07. The Labute approximate surface area is 58.5 Å². The highest BCUT2D eigenvalue weighted by Gasteiger charge is 1.93. The van der Waals surface area contributed by atoms with E-state index in [-0.39, 0.29) is 5.56 Å². The zero-order valence-corrected chi connectivity index (χ0v) is 5.96. The molecule has 1 heterocycles. The van der Waals surface area contributed by atoms with Gasteiger partial charge in [-0.25, -0.2) is 5.10 Å². The average molecular weight is 139 g/mol. The molecule has 10 heavy (non-hydrogen) atoms. The number of hydrogen-bond acceptors (Lipinski definition) is 3. The number of nitrogens with one attached hydrogen (secondary N) is 1. The topological polar surface area (TPSA) is 49.0 Å². The summed E-state index contributed by atoms with van der Waals surface area (Å²) in [6.07, 6.45) is 1.60. The standard InChI is InChI=1S/C6H9N3O/c1-9(2)5-3-6(10)8-7-4-5/h3-4H,1-2H3,(H,8,10). The maximum Gasteiger partial charge on any atom is 0.266 e. The molecule has 0 bridgehead atoms. The third-order valence-electron chi connectivity index (χ3n) is 1.17. The molecule has 1 N–H and O–H groups in total. The van der Waals surface area contributed by atoms with Crippen molar-refractivity contribution in [2.75, 3.05) is 19.0 Å². The Morgan fingerprint density at radius 2 is 2.30 bits per heavy atom.